The lowest BCUT2D eigenvalue weighted by molar-refractivity contribution is -0.00166. The number of methoxy groups -OCH3 is 1. The maximum absolute atomic E-state index is 5.54. The zero-order valence-corrected chi connectivity index (χ0v) is 11.5. The van der Waals surface area contributed by atoms with Crippen LogP contribution in [0.3, 0.4) is 0 Å². The van der Waals surface area contributed by atoms with Crippen LogP contribution in [0.25, 0.3) is 0 Å². The second kappa shape index (κ2) is 6.33. The van der Waals surface area contributed by atoms with Gasteiger partial charge in [-0.05, 0) is 19.9 Å². The van der Waals surface area contributed by atoms with E-state index in [4.69, 9.17) is 4.74 Å². The van der Waals surface area contributed by atoms with Crippen LogP contribution in [0.5, 0.6) is 0 Å². The van der Waals surface area contributed by atoms with Crippen LogP contribution in [0.2, 0.25) is 0 Å². The topological polar surface area (TPSA) is 34.1 Å². The first-order valence-electron chi connectivity index (χ1n) is 5.87. The molecule has 1 atom stereocenters. The lowest BCUT2D eigenvalue weighted by Gasteiger charge is -2.23. The largest absolute Gasteiger partial charge is 0.371 e. The third-order valence-corrected chi connectivity index (χ3v) is 4.07. The normalized spacial score (nSPS) is 15.0. The van der Waals surface area contributed by atoms with Gasteiger partial charge >= 0.3 is 0 Å². The summed E-state index contributed by atoms with van der Waals surface area (Å²) in [5, 5.41) is 6.53. The van der Waals surface area contributed by atoms with Crippen LogP contribution in [0.4, 0.5) is 0 Å². The number of hydrogen-bond donors (Lipinski definition) is 1. The summed E-state index contributed by atoms with van der Waals surface area (Å²) in [6, 6.07) is 0. The van der Waals surface area contributed by atoms with Crippen LogP contribution in [-0.4, -0.2) is 25.2 Å². The number of nitrogens with one attached hydrogen (secondary N) is 1. The maximum atomic E-state index is 5.54. The highest BCUT2D eigenvalue weighted by molar-refractivity contribution is 7.09. The summed E-state index contributed by atoms with van der Waals surface area (Å²) in [6.45, 7) is 8.35. The van der Waals surface area contributed by atoms with E-state index in [2.05, 4.69) is 36.5 Å². The van der Waals surface area contributed by atoms with Crippen molar-refractivity contribution in [3.05, 3.63) is 16.1 Å². The van der Waals surface area contributed by atoms with E-state index >= 15 is 0 Å². The second-order valence-corrected chi connectivity index (χ2v) is 4.89. The average Bonchev–Trinajstić information content (AvgIpc) is 2.78. The minimum atomic E-state index is -0.221. The summed E-state index contributed by atoms with van der Waals surface area (Å²) >= 11 is 1.70. The standard InChI is InChI=1S/C12H22N2OS/c1-5-12(3,15-4)11-14-10(9-16-11)7-8-13-6-2/h9,13H,5-8H2,1-4H3. The number of ether oxygens (including phenoxy) is 1. The van der Waals surface area contributed by atoms with Gasteiger partial charge in [-0.3, -0.25) is 0 Å². The van der Waals surface area contributed by atoms with Gasteiger partial charge in [-0.1, -0.05) is 13.8 Å². The molecule has 1 rings (SSSR count). The van der Waals surface area contributed by atoms with E-state index in [1.54, 1.807) is 18.4 Å². The van der Waals surface area contributed by atoms with Crippen LogP contribution < -0.4 is 5.32 Å². The van der Waals surface area contributed by atoms with Gasteiger partial charge in [0.05, 0.1) is 5.69 Å². The van der Waals surface area contributed by atoms with E-state index in [0.29, 0.717) is 0 Å². The third-order valence-electron chi connectivity index (χ3n) is 2.94. The lowest BCUT2D eigenvalue weighted by Crippen LogP contribution is -2.23. The molecule has 1 unspecified atom stereocenters. The van der Waals surface area contributed by atoms with Crippen LogP contribution in [0.15, 0.2) is 5.38 Å². The minimum absolute atomic E-state index is 0.221. The molecule has 1 heterocycles. The number of hydrogen-bond acceptors (Lipinski definition) is 4. The molecule has 16 heavy (non-hydrogen) atoms. The molecule has 0 aliphatic heterocycles. The first kappa shape index (κ1) is 13.6. The van der Waals surface area contributed by atoms with Gasteiger partial charge in [-0.25, -0.2) is 4.98 Å². The molecule has 0 aliphatic rings. The number of aromatic nitrogens is 1. The Kier molecular flexibility index (Phi) is 5.38. The van der Waals surface area contributed by atoms with Crippen molar-refractivity contribution in [2.75, 3.05) is 20.2 Å². The molecular formula is C12H22N2OS. The molecular weight excluding hydrogens is 220 g/mol. The molecule has 0 radical (unpaired) electrons. The summed E-state index contributed by atoms with van der Waals surface area (Å²) in [7, 11) is 1.75. The first-order valence-corrected chi connectivity index (χ1v) is 6.75. The summed E-state index contributed by atoms with van der Waals surface area (Å²) in [5.41, 5.74) is 0.943. The molecule has 0 amide bonds. The molecule has 0 saturated heterocycles. The quantitative estimate of drug-likeness (QED) is 0.746. The molecule has 92 valence electrons. The Morgan fingerprint density at radius 2 is 2.25 bits per heavy atom. The molecule has 3 nitrogen and oxygen atoms in total. The summed E-state index contributed by atoms with van der Waals surface area (Å²) in [5.74, 6) is 0. The maximum Gasteiger partial charge on any atom is 0.125 e. The average molecular weight is 242 g/mol. The molecule has 0 fully saturated rings. The predicted octanol–water partition coefficient (Wildman–Crippen LogP) is 2.57. The highest BCUT2D eigenvalue weighted by Gasteiger charge is 2.27. The molecule has 0 aromatic carbocycles. The minimum Gasteiger partial charge on any atom is -0.371 e. The van der Waals surface area contributed by atoms with Crippen molar-refractivity contribution in [3.63, 3.8) is 0 Å². The Balaban J connectivity index is 2.63. The Morgan fingerprint density at radius 1 is 1.50 bits per heavy atom. The van der Waals surface area contributed by atoms with Gasteiger partial charge in [-0.15, -0.1) is 11.3 Å². The van der Waals surface area contributed by atoms with Crippen LogP contribution in [-0.2, 0) is 16.8 Å². The van der Waals surface area contributed by atoms with Crippen molar-refractivity contribution in [1.82, 2.24) is 10.3 Å². The number of rotatable bonds is 7. The number of nitrogens with zero attached hydrogens (tertiary/aromatic N) is 1. The van der Waals surface area contributed by atoms with Crippen LogP contribution >= 0.6 is 11.3 Å². The summed E-state index contributed by atoms with van der Waals surface area (Å²) in [4.78, 5) is 4.65. The molecule has 1 aromatic heterocycles. The van der Waals surface area contributed by atoms with Gasteiger partial charge in [0.15, 0.2) is 0 Å². The fraction of sp³-hybridized carbons (Fsp3) is 0.750. The second-order valence-electron chi connectivity index (χ2n) is 4.04. The Hall–Kier alpha value is -0.450. The van der Waals surface area contributed by atoms with Gasteiger partial charge in [0.25, 0.3) is 0 Å². The summed E-state index contributed by atoms with van der Waals surface area (Å²) in [6.07, 6.45) is 1.94. The van der Waals surface area contributed by atoms with Crippen LogP contribution in [0, 0.1) is 0 Å². The molecule has 0 bridgehead atoms. The van der Waals surface area contributed by atoms with Crippen molar-refractivity contribution >= 4 is 11.3 Å². The van der Waals surface area contributed by atoms with E-state index in [1.165, 1.54) is 0 Å². The molecule has 1 N–H and O–H groups in total. The van der Waals surface area contributed by atoms with Gasteiger partial charge in [0, 0.05) is 25.5 Å². The molecule has 0 spiro atoms. The highest BCUT2D eigenvalue weighted by Crippen LogP contribution is 2.30. The smallest absolute Gasteiger partial charge is 0.125 e. The molecule has 0 aliphatic carbocycles. The van der Waals surface area contributed by atoms with Crippen molar-refractivity contribution in [3.8, 4) is 0 Å². The van der Waals surface area contributed by atoms with E-state index in [1.807, 2.05) is 0 Å². The van der Waals surface area contributed by atoms with E-state index in [0.717, 1.165) is 36.6 Å². The zero-order valence-electron chi connectivity index (χ0n) is 10.7. The highest BCUT2D eigenvalue weighted by atomic mass is 32.1. The lowest BCUT2D eigenvalue weighted by atomic mass is 10.1. The van der Waals surface area contributed by atoms with E-state index in [-0.39, 0.29) is 5.60 Å². The molecule has 4 heteroatoms. The first-order chi connectivity index (χ1) is 7.66. The predicted molar refractivity (Wildman–Crippen MR) is 69.0 cm³/mol. The Labute approximate surface area is 102 Å². The number of likely N-dealkylation sites (N-methyl/N-ethyl adjacent to an activating group) is 1. The van der Waals surface area contributed by atoms with Gasteiger partial charge in [-0.2, -0.15) is 0 Å². The Bertz CT molecular complexity index is 308. The van der Waals surface area contributed by atoms with Crippen molar-refractivity contribution in [1.29, 1.82) is 0 Å². The Morgan fingerprint density at radius 3 is 2.81 bits per heavy atom. The van der Waals surface area contributed by atoms with Gasteiger partial charge in [0.2, 0.25) is 0 Å². The van der Waals surface area contributed by atoms with Crippen molar-refractivity contribution in [2.45, 2.75) is 39.2 Å². The zero-order chi connectivity index (χ0) is 12.0. The SMILES string of the molecule is CCNCCc1csc(C(C)(CC)OC)n1. The molecule has 0 saturated carbocycles. The third kappa shape index (κ3) is 3.27. The monoisotopic (exact) mass is 242 g/mol. The van der Waals surface area contributed by atoms with Crippen molar-refractivity contribution in [2.24, 2.45) is 0 Å². The molecule has 1 aromatic rings. The van der Waals surface area contributed by atoms with Gasteiger partial charge < -0.3 is 10.1 Å². The fourth-order valence-electron chi connectivity index (χ4n) is 1.44. The van der Waals surface area contributed by atoms with Crippen molar-refractivity contribution < 1.29 is 4.74 Å². The van der Waals surface area contributed by atoms with E-state index in [9.17, 15) is 0 Å². The van der Waals surface area contributed by atoms with Gasteiger partial charge in [0.1, 0.15) is 10.6 Å². The van der Waals surface area contributed by atoms with E-state index < -0.39 is 0 Å². The fourth-order valence-corrected chi connectivity index (χ4v) is 2.51. The summed E-state index contributed by atoms with van der Waals surface area (Å²) < 4.78 is 5.54. The number of thiazole rings is 1. The van der Waals surface area contributed by atoms with Crippen LogP contribution in [0.1, 0.15) is 37.9 Å².